The summed E-state index contributed by atoms with van der Waals surface area (Å²) in [5.74, 6) is 1.57. The zero-order valence-corrected chi connectivity index (χ0v) is 12.1. The largest absolute Gasteiger partial charge is 0.497 e. The normalized spacial score (nSPS) is 25.6. The summed E-state index contributed by atoms with van der Waals surface area (Å²) < 4.78 is 11.4. The van der Waals surface area contributed by atoms with Gasteiger partial charge in [0.05, 0.1) is 13.2 Å². The van der Waals surface area contributed by atoms with Gasteiger partial charge in [0, 0.05) is 12.0 Å². The Morgan fingerprint density at radius 1 is 1.42 bits per heavy atom. The van der Waals surface area contributed by atoms with E-state index in [1.807, 2.05) is 18.2 Å². The van der Waals surface area contributed by atoms with Crippen LogP contribution in [0.2, 0.25) is 0 Å². The Labute approximate surface area is 115 Å². The first kappa shape index (κ1) is 14.2. The van der Waals surface area contributed by atoms with E-state index >= 15 is 0 Å². The minimum Gasteiger partial charge on any atom is -0.497 e. The lowest BCUT2D eigenvalue weighted by molar-refractivity contribution is -0.0242. The minimum absolute atomic E-state index is 0.211. The predicted molar refractivity (Wildman–Crippen MR) is 75.7 cm³/mol. The molecule has 1 aliphatic rings. The Hall–Kier alpha value is -1.22. The number of hydrogen-bond donors (Lipinski definition) is 1. The molecule has 3 heteroatoms. The second-order valence-electron chi connectivity index (χ2n) is 5.37. The maximum absolute atomic E-state index is 10.4. The highest BCUT2D eigenvalue weighted by Crippen LogP contribution is 2.44. The molecule has 2 unspecified atom stereocenters. The van der Waals surface area contributed by atoms with Crippen LogP contribution in [0.3, 0.4) is 0 Å². The SMILES string of the molecule is CCCCC1(CC)CC(O)c2cc(OC)ccc2O1. The molecule has 2 rings (SSSR count). The predicted octanol–water partition coefficient (Wildman–Crippen LogP) is 3.85. The van der Waals surface area contributed by atoms with Crippen LogP contribution in [-0.2, 0) is 0 Å². The van der Waals surface area contributed by atoms with Gasteiger partial charge in [-0.3, -0.25) is 0 Å². The summed E-state index contributed by atoms with van der Waals surface area (Å²) in [6.45, 7) is 4.32. The van der Waals surface area contributed by atoms with E-state index in [9.17, 15) is 5.11 Å². The summed E-state index contributed by atoms with van der Waals surface area (Å²) in [6, 6.07) is 5.67. The quantitative estimate of drug-likeness (QED) is 0.878. The van der Waals surface area contributed by atoms with Crippen molar-refractivity contribution in [3.05, 3.63) is 23.8 Å². The van der Waals surface area contributed by atoms with Crippen molar-refractivity contribution in [3.8, 4) is 11.5 Å². The molecule has 1 N–H and O–H groups in total. The summed E-state index contributed by atoms with van der Waals surface area (Å²) >= 11 is 0. The van der Waals surface area contributed by atoms with E-state index in [1.54, 1.807) is 7.11 Å². The van der Waals surface area contributed by atoms with Crippen LogP contribution in [0, 0.1) is 0 Å². The maximum atomic E-state index is 10.4. The van der Waals surface area contributed by atoms with Crippen LogP contribution >= 0.6 is 0 Å². The Balaban J connectivity index is 2.27. The molecule has 0 amide bonds. The van der Waals surface area contributed by atoms with E-state index in [1.165, 1.54) is 0 Å². The van der Waals surface area contributed by atoms with Gasteiger partial charge < -0.3 is 14.6 Å². The average Bonchev–Trinajstić information content (AvgIpc) is 2.45. The van der Waals surface area contributed by atoms with Crippen LogP contribution in [0.4, 0.5) is 0 Å². The van der Waals surface area contributed by atoms with Gasteiger partial charge in [-0.1, -0.05) is 20.3 Å². The Kier molecular flexibility index (Phi) is 4.35. The number of fused-ring (bicyclic) bond motifs is 1. The van der Waals surface area contributed by atoms with E-state index in [4.69, 9.17) is 9.47 Å². The van der Waals surface area contributed by atoms with Crippen LogP contribution in [0.25, 0.3) is 0 Å². The molecule has 0 bridgehead atoms. The first-order chi connectivity index (χ1) is 9.14. The lowest BCUT2D eigenvalue weighted by Gasteiger charge is -2.40. The fraction of sp³-hybridized carbons (Fsp3) is 0.625. The number of methoxy groups -OCH3 is 1. The van der Waals surface area contributed by atoms with Crippen LogP contribution in [0.1, 0.15) is 57.6 Å². The van der Waals surface area contributed by atoms with Crippen molar-refractivity contribution in [2.24, 2.45) is 0 Å². The van der Waals surface area contributed by atoms with Gasteiger partial charge in [-0.05, 0) is 37.5 Å². The van der Waals surface area contributed by atoms with Gasteiger partial charge in [-0.15, -0.1) is 0 Å². The second kappa shape index (κ2) is 5.83. The topological polar surface area (TPSA) is 38.7 Å². The van der Waals surface area contributed by atoms with Crippen molar-refractivity contribution in [2.45, 2.75) is 57.7 Å². The molecule has 106 valence electrons. The second-order valence-corrected chi connectivity index (χ2v) is 5.37. The third-order valence-corrected chi connectivity index (χ3v) is 4.10. The number of aliphatic hydroxyl groups is 1. The van der Waals surface area contributed by atoms with Crippen LogP contribution in [-0.4, -0.2) is 17.8 Å². The molecule has 0 radical (unpaired) electrons. The highest BCUT2D eigenvalue weighted by molar-refractivity contribution is 5.43. The third-order valence-electron chi connectivity index (χ3n) is 4.10. The smallest absolute Gasteiger partial charge is 0.126 e. The first-order valence-electron chi connectivity index (χ1n) is 7.19. The number of ether oxygens (including phenoxy) is 2. The van der Waals surface area contributed by atoms with Gasteiger partial charge in [0.2, 0.25) is 0 Å². The van der Waals surface area contributed by atoms with Crippen LogP contribution in [0.5, 0.6) is 11.5 Å². The van der Waals surface area contributed by atoms with Crippen molar-refractivity contribution in [1.82, 2.24) is 0 Å². The van der Waals surface area contributed by atoms with Gasteiger partial charge in [0.15, 0.2) is 0 Å². The molecular weight excluding hydrogens is 240 g/mol. The molecule has 1 heterocycles. The highest BCUT2D eigenvalue weighted by atomic mass is 16.5. The molecule has 2 atom stereocenters. The van der Waals surface area contributed by atoms with Crippen molar-refractivity contribution in [2.75, 3.05) is 7.11 Å². The molecule has 3 nitrogen and oxygen atoms in total. The lowest BCUT2D eigenvalue weighted by atomic mass is 9.83. The molecule has 0 saturated carbocycles. The summed E-state index contributed by atoms with van der Waals surface area (Å²) in [7, 11) is 1.63. The molecule has 0 spiro atoms. The van der Waals surface area contributed by atoms with E-state index < -0.39 is 6.10 Å². The zero-order chi connectivity index (χ0) is 13.9. The zero-order valence-electron chi connectivity index (χ0n) is 12.1. The van der Waals surface area contributed by atoms with Crippen molar-refractivity contribution >= 4 is 0 Å². The van der Waals surface area contributed by atoms with Gasteiger partial charge >= 0.3 is 0 Å². The third kappa shape index (κ3) is 2.86. The van der Waals surface area contributed by atoms with E-state index in [2.05, 4.69) is 13.8 Å². The fourth-order valence-corrected chi connectivity index (χ4v) is 2.79. The van der Waals surface area contributed by atoms with Gasteiger partial charge in [-0.2, -0.15) is 0 Å². The summed E-state index contributed by atoms with van der Waals surface area (Å²) in [5, 5.41) is 10.4. The molecule has 1 aromatic carbocycles. The van der Waals surface area contributed by atoms with Gasteiger partial charge in [0.1, 0.15) is 17.1 Å². The van der Waals surface area contributed by atoms with Crippen molar-refractivity contribution in [1.29, 1.82) is 0 Å². The summed E-state index contributed by atoms with van der Waals surface area (Å²) in [4.78, 5) is 0. The molecule has 0 aliphatic carbocycles. The number of aliphatic hydroxyl groups excluding tert-OH is 1. The van der Waals surface area contributed by atoms with Gasteiger partial charge in [-0.25, -0.2) is 0 Å². The molecular formula is C16H24O3. The number of hydrogen-bond acceptors (Lipinski definition) is 3. The van der Waals surface area contributed by atoms with E-state index in [0.717, 1.165) is 42.7 Å². The molecule has 0 fully saturated rings. The number of benzene rings is 1. The van der Waals surface area contributed by atoms with E-state index in [0.29, 0.717) is 6.42 Å². The standard InChI is InChI=1S/C16H24O3/c1-4-6-9-16(5-2)11-14(17)13-10-12(18-3)7-8-15(13)19-16/h7-8,10,14,17H,4-6,9,11H2,1-3H3. The summed E-state index contributed by atoms with van der Waals surface area (Å²) in [5.41, 5.74) is 0.636. The lowest BCUT2D eigenvalue weighted by Crippen LogP contribution is -2.40. The number of rotatable bonds is 5. The summed E-state index contributed by atoms with van der Waals surface area (Å²) in [6.07, 6.45) is 4.42. The Morgan fingerprint density at radius 2 is 2.21 bits per heavy atom. The monoisotopic (exact) mass is 264 g/mol. The average molecular weight is 264 g/mol. The fourth-order valence-electron chi connectivity index (χ4n) is 2.79. The molecule has 0 aromatic heterocycles. The highest BCUT2D eigenvalue weighted by Gasteiger charge is 2.38. The van der Waals surface area contributed by atoms with Crippen molar-refractivity contribution in [3.63, 3.8) is 0 Å². The first-order valence-corrected chi connectivity index (χ1v) is 7.19. The molecule has 1 aromatic rings. The molecule has 0 saturated heterocycles. The van der Waals surface area contributed by atoms with Crippen molar-refractivity contribution < 1.29 is 14.6 Å². The van der Waals surface area contributed by atoms with Crippen LogP contribution in [0.15, 0.2) is 18.2 Å². The molecule has 19 heavy (non-hydrogen) atoms. The van der Waals surface area contributed by atoms with Gasteiger partial charge in [0.25, 0.3) is 0 Å². The number of unbranched alkanes of at least 4 members (excludes halogenated alkanes) is 1. The van der Waals surface area contributed by atoms with E-state index in [-0.39, 0.29) is 5.60 Å². The Bertz CT molecular complexity index is 430. The van der Waals surface area contributed by atoms with Crippen LogP contribution < -0.4 is 9.47 Å². The minimum atomic E-state index is -0.462. The Morgan fingerprint density at radius 3 is 2.84 bits per heavy atom. The molecule has 1 aliphatic heterocycles. The maximum Gasteiger partial charge on any atom is 0.126 e.